The lowest BCUT2D eigenvalue weighted by Crippen LogP contribution is -1.98. The van der Waals surface area contributed by atoms with Gasteiger partial charge in [-0.15, -0.1) is 0 Å². The second kappa shape index (κ2) is 6.09. The zero-order valence-electron chi connectivity index (χ0n) is 12.4. The van der Waals surface area contributed by atoms with Crippen molar-refractivity contribution >= 4 is 38.6 Å². The number of nitrogens with zero attached hydrogens (tertiary/aromatic N) is 4. The van der Waals surface area contributed by atoms with Gasteiger partial charge in [-0.25, -0.2) is 15.0 Å². The number of hydrogen-bond donors (Lipinski definition) is 2. The third-order valence-corrected chi connectivity index (χ3v) is 3.99. The number of aromatic nitrogens is 4. The van der Waals surface area contributed by atoms with Crippen LogP contribution in [-0.4, -0.2) is 19.9 Å². The number of nitrogens with two attached hydrogens (primary N) is 1. The average Bonchev–Trinajstić information content (AvgIpc) is 2.97. The van der Waals surface area contributed by atoms with Crippen molar-refractivity contribution in [1.29, 1.82) is 0 Å². The van der Waals surface area contributed by atoms with E-state index in [0.29, 0.717) is 16.8 Å². The van der Waals surface area contributed by atoms with E-state index in [1.54, 1.807) is 18.3 Å². The fraction of sp³-hybridized carbons (Fsp3) is 0. The number of rotatable bonds is 4. The van der Waals surface area contributed by atoms with Crippen LogP contribution in [0.2, 0.25) is 0 Å². The van der Waals surface area contributed by atoms with Gasteiger partial charge in [0.1, 0.15) is 21.9 Å². The van der Waals surface area contributed by atoms with E-state index in [9.17, 15) is 0 Å². The zero-order valence-corrected chi connectivity index (χ0v) is 13.2. The molecule has 0 saturated carbocycles. The van der Waals surface area contributed by atoms with Crippen molar-refractivity contribution in [2.75, 3.05) is 11.1 Å². The van der Waals surface area contributed by atoms with Gasteiger partial charge in [0.15, 0.2) is 5.13 Å². The number of nitrogens with one attached hydrogen (secondary N) is 1. The molecule has 0 unspecified atom stereocenters. The van der Waals surface area contributed by atoms with E-state index >= 15 is 0 Å². The topological polar surface area (TPSA) is 98.8 Å². The first kappa shape index (κ1) is 14.3. The van der Waals surface area contributed by atoms with Crippen LogP contribution in [0, 0.1) is 0 Å². The molecule has 0 saturated heterocycles. The smallest absolute Gasteiger partial charge is 0.221 e. The highest BCUT2D eigenvalue weighted by Crippen LogP contribution is 2.29. The van der Waals surface area contributed by atoms with E-state index in [2.05, 4.69) is 25.3 Å². The molecule has 0 bridgehead atoms. The van der Waals surface area contributed by atoms with Crippen LogP contribution in [0.1, 0.15) is 0 Å². The van der Waals surface area contributed by atoms with Gasteiger partial charge in [-0.3, -0.25) is 0 Å². The minimum absolute atomic E-state index is 0.206. The summed E-state index contributed by atoms with van der Waals surface area (Å²) in [6.45, 7) is 0. The summed E-state index contributed by atoms with van der Waals surface area (Å²) in [5, 5.41) is 3.77. The minimum Gasteiger partial charge on any atom is -0.439 e. The highest BCUT2D eigenvalue weighted by Gasteiger charge is 2.08. The molecule has 0 fully saturated rings. The lowest BCUT2D eigenvalue weighted by atomic mass is 10.3. The second-order valence-electron chi connectivity index (χ2n) is 4.83. The Morgan fingerprint density at radius 1 is 0.958 bits per heavy atom. The van der Waals surface area contributed by atoms with Crippen molar-refractivity contribution in [3.8, 4) is 11.6 Å². The molecule has 0 spiro atoms. The molecule has 0 amide bonds. The molecule has 7 nitrogen and oxygen atoms in total. The van der Waals surface area contributed by atoms with Crippen molar-refractivity contribution in [2.45, 2.75) is 0 Å². The van der Waals surface area contributed by atoms with Gasteiger partial charge < -0.3 is 15.8 Å². The molecule has 24 heavy (non-hydrogen) atoms. The van der Waals surface area contributed by atoms with E-state index in [-0.39, 0.29) is 5.95 Å². The molecule has 1 aromatic carbocycles. The predicted molar refractivity (Wildman–Crippen MR) is 93.7 cm³/mol. The third-order valence-electron chi connectivity index (χ3n) is 3.10. The largest absolute Gasteiger partial charge is 0.439 e. The first-order valence-electron chi connectivity index (χ1n) is 7.12. The maximum absolute atomic E-state index is 5.74. The van der Waals surface area contributed by atoms with E-state index in [1.807, 2.05) is 36.4 Å². The lowest BCUT2D eigenvalue weighted by molar-refractivity contribution is 0.465. The summed E-state index contributed by atoms with van der Waals surface area (Å²) in [4.78, 5) is 17.7. The van der Waals surface area contributed by atoms with Gasteiger partial charge in [0, 0.05) is 12.3 Å². The molecule has 8 heteroatoms. The number of hydrogen-bond acceptors (Lipinski definition) is 8. The van der Waals surface area contributed by atoms with Gasteiger partial charge in [-0.2, -0.15) is 4.98 Å². The highest BCUT2D eigenvalue weighted by atomic mass is 32.1. The van der Waals surface area contributed by atoms with Crippen molar-refractivity contribution in [2.24, 2.45) is 0 Å². The fourth-order valence-corrected chi connectivity index (χ4v) is 2.91. The SMILES string of the molecule is Nc1nccc(Nc2nc3ccc(Oc4ccccc4)nc3s2)n1. The van der Waals surface area contributed by atoms with Crippen molar-refractivity contribution in [3.05, 3.63) is 54.7 Å². The van der Waals surface area contributed by atoms with Crippen LogP contribution in [0.4, 0.5) is 16.9 Å². The number of ether oxygens (including phenoxy) is 1. The molecule has 3 N–H and O–H groups in total. The number of anilines is 3. The molecule has 118 valence electrons. The Morgan fingerprint density at radius 3 is 2.67 bits per heavy atom. The van der Waals surface area contributed by atoms with E-state index in [1.165, 1.54) is 11.3 Å². The van der Waals surface area contributed by atoms with Crippen LogP contribution in [0.3, 0.4) is 0 Å². The monoisotopic (exact) mass is 336 g/mol. The minimum atomic E-state index is 0.206. The third kappa shape index (κ3) is 3.08. The molecule has 0 aliphatic heterocycles. The molecule has 3 aromatic heterocycles. The molecule has 4 rings (SSSR count). The number of benzene rings is 1. The Balaban J connectivity index is 1.59. The number of pyridine rings is 1. The maximum atomic E-state index is 5.74. The Bertz CT molecular complexity index is 988. The fourth-order valence-electron chi connectivity index (χ4n) is 2.07. The Morgan fingerprint density at radius 2 is 1.83 bits per heavy atom. The van der Waals surface area contributed by atoms with Crippen LogP contribution in [0.25, 0.3) is 10.3 Å². The first-order valence-corrected chi connectivity index (χ1v) is 7.94. The number of nitrogen functional groups attached to an aromatic ring is 1. The molecule has 0 atom stereocenters. The van der Waals surface area contributed by atoms with Crippen LogP contribution < -0.4 is 15.8 Å². The summed E-state index contributed by atoms with van der Waals surface area (Å²) in [5.74, 6) is 2.05. The van der Waals surface area contributed by atoms with Gasteiger partial charge in [0.25, 0.3) is 0 Å². The summed E-state index contributed by atoms with van der Waals surface area (Å²) < 4.78 is 5.74. The van der Waals surface area contributed by atoms with Crippen molar-refractivity contribution < 1.29 is 4.74 Å². The summed E-state index contributed by atoms with van der Waals surface area (Å²) in [7, 11) is 0. The van der Waals surface area contributed by atoms with Gasteiger partial charge in [0.2, 0.25) is 11.8 Å². The van der Waals surface area contributed by atoms with E-state index < -0.39 is 0 Å². The molecule has 0 aliphatic carbocycles. The van der Waals surface area contributed by atoms with Crippen molar-refractivity contribution in [3.63, 3.8) is 0 Å². The Kier molecular flexibility index (Phi) is 3.64. The normalized spacial score (nSPS) is 10.7. The predicted octanol–water partition coefficient (Wildman–Crippen LogP) is 3.60. The molecular formula is C16H12N6OS. The van der Waals surface area contributed by atoms with Crippen LogP contribution in [0.5, 0.6) is 11.6 Å². The summed E-state index contributed by atoms with van der Waals surface area (Å²) in [6, 6.07) is 14.9. The standard InChI is InChI=1S/C16H12N6OS/c17-15-18-9-8-12(20-15)21-16-19-11-6-7-13(22-14(11)24-16)23-10-4-2-1-3-5-10/h1-9H,(H3,17,18,19,20,21). The number of thiazole rings is 1. The summed E-state index contributed by atoms with van der Waals surface area (Å²) in [6.07, 6.45) is 1.59. The van der Waals surface area contributed by atoms with Gasteiger partial charge in [0.05, 0.1) is 0 Å². The molecule has 4 aromatic rings. The molecular weight excluding hydrogens is 324 g/mol. The molecule has 0 radical (unpaired) electrons. The van der Waals surface area contributed by atoms with E-state index in [4.69, 9.17) is 10.5 Å². The van der Waals surface area contributed by atoms with Gasteiger partial charge in [-0.1, -0.05) is 29.5 Å². The van der Waals surface area contributed by atoms with Gasteiger partial charge in [-0.05, 0) is 24.3 Å². The van der Waals surface area contributed by atoms with Crippen LogP contribution >= 0.6 is 11.3 Å². The van der Waals surface area contributed by atoms with E-state index in [0.717, 1.165) is 16.1 Å². The van der Waals surface area contributed by atoms with Crippen LogP contribution in [-0.2, 0) is 0 Å². The number of para-hydroxylation sites is 1. The molecule has 3 heterocycles. The number of fused-ring (bicyclic) bond motifs is 1. The molecule has 0 aliphatic rings. The lowest BCUT2D eigenvalue weighted by Gasteiger charge is -2.03. The Labute approximate surface area is 141 Å². The Hall–Kier alpha value is -3.26. The quantitative estimate of drug-likeness (QED) is 0.587. The average molecular weight is 336 g/mol. The zero-order chi connectivity index (χ0) is 16.4. The van der Waals surface area contributed by atoms with Crippen molar-refractivity contribution in [1.82, 2.24) is 19.9 Å². The van der Waals surface area contributed by atoms with Gasteiger partial charge >= 0.3 is 0 Å². The summed E-state index contributed by atoms with van der Waals surface area (Å²) in [5.41, 5.74) is 6.35. The first-order chi connectivity index (χ1) is 11.8. The summed E-state index contributed by atoms with van der Waals surface area (Å²) >= 11 is 1.41. The highest BCUT2D eigenvalue weighted by molar-refractivity contribution is 7.21. The maximum Gasteiger partial charge on any atom is 0.221 e. The van der Waals surface area contributed by atoms with Crippen LogP contribution in [0.15, 0.2) is 54.7 Å². The second-order valence-corrected chi connectivity index (χ2v) is 5.81.